The molecule has 1 saturated carbocycles. The summed E-state index contributed by atoms with van der Waals surface area (Å²) in [5.74, 6) is 0.00196. The quantitative estimate of drug-likeness (QED) is 0.644. The van der Waals surface area contributed by atoms with E-state index in [2.05, 4.69) is 30.8 Å². The number of hydrogen-bond acceptors (Lipinski definition) is 6. The van der Waals surface area contributed by atoms with E-state index in [-0.39, 0.29) is 29.5 Å². The zero-order valence-corrected chi connectivity index (χ0v) is 16.6. The highest BCUT2D eigenvalue weighted by molar-refractivity contribution is 5.97. The number of benzene rings is 1. The van der Waals surface area contributed by atoms with E-state index in [1.807, 2.05) is 0 Å². The Bertz CT molecular complexity index is 1070. The highest BCUT2D eigenvalue weighted by Gasteiger charge is 2.34. The normalized spacial score (nSPS) is 18.7. The monoisotopic (exact) mass is 431 g/mol. The number of anilines is 1. The molecule has 2 aromatic heterocycles. The van der Waals surface area contributed by atoms with Crippen LogP contribution < -0.4 is 10.6 Å². The van der Waals surface area contributed by atoms with E-state index in [0.29, 0.717) is 17.4 Å². The summed E-state index contributed by atoms with van der Waals surface area (Å²) in [6.07, 6.45) is 1.56. The zero-order valence-electron chi connectivity index (χ0n) is 16.6. The lowest BCUT2D eigenvalue weighted by Crippen LogP contribution is -2.43. The average molecular weight is 431 g/mol. The Labute approximate surface area is 175 Å². The van der Waals surface area contributed by atoms with Crippen LogP contribution in [-0.4, -0.2) is 43.0 Å². The maximum Gasteiger partial charge on any atom is 0.434 e. The number of nitrogens with one attached hydrogen (secondary N) is 2. The maximum atomic E-state index is 13.0. The molecule has 11 heteroatoms. The summed E-state index contributed by atoms with van der Waals surface area (Å²) in [7, 11) is 0. The molecule has 1 aromatic carbocycles. The molecule has 1 amide bonds. The fraction of sp³-hybridized carbons (Fsp3) is 0.350. The van der Waals surface area contributed by atoms with Crippen LogP contribution in [0.25, 0.3) is 5.69 Å². The fourth-order valence-corrected chi connectivity index (χ4v) is 3.67. The van der Waals surface area contributed by atoms with Gasteiger partial charge in [-0.3, -0.25) is 4.79 Å². The van der Waals surface area contributed by atoms with Crippen LogP contribution in [0.5, 0.6) is 0 Å². The average Bonchev–Trinajstić information content (AvgIpc) is 3.41. The molecule has 1 aliphatic rings. The minimum Gasteiger partial charge on any atom is -0.364 e. The van der Waals surface area contributed by atoms with Crippen molar-refractivity contribution >= 4 is 11.7 Å². The first-order valence-electron chi connectivity index (χ1n) is 9.77. The van der Waals surface area contributed by atoms with Crippen LogP contribution in [0.1, 0.15) is 41.0 Å². The largest absolute Gasteiger partial charge is 0.434 e. The molecule has 1 fully saturated rings. The first kappa shape index (κ1) is 20.8. The smallest absolute Gasteiger partial charge is 0.364 e. The number of halogens is 3. The van der Waals surface area contributed by atoms with E-state index in [9.17, 15) is 18.0 Å². The molecule has 162 valence electrons. The van der Waals surface area contributed by atoms with Gasteiger partial charge in [-0.2, -0.15) is 28.2 Å². The summed E-state index contributed by atoms with van der Waals surface area (Å²) in [4.78, 5) is 21.9. The predicted octanol–water partition coefficient (Wildman–Crippen LogP) is 3.15. The molecule has 3 aromatic rings. The lowest BCUT2D eigenvalue weighted by atomic mass is 10.1. The van der Waals surface area contributed by atoms with Gasteiger partial charge in [-0.25, -0.2) is 9.97 Å². The number of para-hydroxylation sites is 1. The standard InChI is InChI=1S/C20H20F3N7O/c1-12-18(24-11-17(27-12)20(21,22)23)28-14-6-4-7-15(14)29-19(31)13-5-2-3-8-16(13)30-25-9-10-26-30/h2-3,5,8-11,14-15H,4,6-7H2,1H3,(H,24,28)(H,29,31)/t14-,15?/m0/s1. The van der Waals surface area contributed by atoms with E-state index < -0.39 is 11.9 Å². The van der Waals surface area contributed by atoms with Gasteiger partial charge in [0.15, 0.2) is 5.69 Å². The first-order valence-corrected chi connectivity index (χ1v) is 9.77. The van der Waals surface area contributed by atoms with Crippen molar-refractivity contribution < 1.29 is 18.0 Å². The minimum atomic E-state index is -4.54. The van der Waals surface area contributed by atoms with Gasteiger partial charge < -0.3 is 10.6 Å². The van der Waals surface area contributed by atoms with Gasteiger partial charge in [0.05, 0.1) is 35.5 Å². The second kappa shape index (κ2) is 8.32. The molecule has 4 rings (SSSR count). The number of amides is 1. The third-order valence-electron chi connectivity index (χ3n) is 5.17. The SMILES string of the molecule is Cc1nc(C(F)(F)F)cnc1N[C@H]1CCCC1NC(=O)c1ccccc1-n1nccn1. The minimum absolute atomic E-state index is 0.155. The topological polar surface area (TPSA) is 97.6 Å². The number of carbonyl (C=O) groups is 1. The van der Waals surface area contributed by atoms with E-state index >= 15 is 0 Å². The van der Waals surface area contributed by atoms with Crippen molar-refractivity contribution in [3.05, 3.63) is 59.8 Å². The van der Waals surface area contributed by atoms with Gasteiger partial charge in [0, 0.05) is 12.1 Å². The van der Waals surface area contributed by atoms with Gasteiger partial charge in [0.1, 0.15) is 5.82 Å². The summed E-state index contributed by atoms with van der Waals surface area (Å²) < 4.78 is 38.5. The highest BCUT2D eigenvalue weighted by atomic mass is 19.4. The van der Waals surface area contributed by atoms with Crippen molar-refractivity contribution in [2.24, 2.45) is 0 Å². The molecule has 2 heterocycles. The van der Waals surface area contributed by atoms with Gasteiger partial charge in [0.25, 0.3) is 5.91 Å². The van der Waals surface area contributed by atoms with Gasteiger partial charge in [0.2, 0.25) is 0 Å². The second-order valence-electron chi connectivity index (χ2n) is 7.28. The Morgan fingerprint density at radius 1 is 1.13 bits per heavy atom. The molecule has 31 heavy (non-hydrogen) atoms. The van der Waals surface area contributed by atoms with Crippen LogP contribution in [0.3, 0.4) is 0 Å². The summed E-state index contributed by atoms with van der Waals surface area (Å²) >= 11 is 0. The number of aryl methyl sites for hydroxylation is 1. The number of rotatable bonds is 5. The van der Waals surface area contributed by atoms with Crippen molar-refractivity contribution in [3.8, 4) is 5.69 Å². The number of hydrogen-bond donors (Lipinski definition) is 2. The molecule has 1 aliphatic carbocycles. The highest BCUT2D eigenvalue weighted by Crippen LogP contribution is 2.29. The van der Waals surface area contributed by atoms with E-state index in [1.165, 1.54) is 24.1 Å². The molecule has 0 saturated heterocycles. The molecule has 0 spiro atoms. The Hall–Kier alpha value is -3.50. The molecule has 1 unspecified atom stereocenters. The van der Waals surface area contributed by atoms with Crippen molar-refractivity contribution in [1.29, 1.82) is 0 Å². The van der Waals surface area contributed by atoms with Gasteiger partial charge in [-0.15, -0.1) is 0 Å². The molecular weight excluding hydrogens is 411 g/mol. The molecule has 0 aliphatic heterocycles. The van der Waals surface area contributed by atoms with E-state index in [0.717, 1.165) is 19.3 Å². The lowest BCUT2D eigenvalue weighted by molar-refractivity contribution is -0.141. The first-order chi connectivity index (χ1) is 14.8. The van der Waals surface area contributed by atoms with Crippen molar-refractivity contribution in [1.82, 2.24) is 30.3 Å². The molecule has 2 N–H and O–H groups in total. The zero-order chi connectivity index (χ0) is 22.0. The maximum absolute atomic E-state index is 13.0. The van der Waals surface area contributed by atoms with Crippen molar-refractivity contribution in [2.75, 3.05) is 5.32 Å². The van der Waals surface area contributed by atoms with Crippen LogP contribution in [0.2, 0.25) is 0 Å². The van der Waals surface area contributed by atoms with Crippen LogP contribution in [-0.2, 0) is 6.18 Å². The number of alkyl halides is 3. The summed E-state index contributed by atoms with van der Waals surface area (Å²) in [6.45, 7) is 1.47. The molecule has 2 atom stereocenters. The van der Waals surface area contributed by atoms with Crippen LogP contribution >= 0.6 is 0 Å². The Balaban J connectivity index is 1.49. The van der Waals surface area contributed by atoms with Crippen LogP contribution in [0.15, 0.2) is 42.9 Å². The summed E-state index contributed by atoms with van der Waals surface area (Å²) in [5.41, 5.74) is 0.101. The Morgan fingerprint density at radius 2 is 1.84 bits per heavy atom. The van der Waals surface area contributed by atoms with Crippen LogP contribution in [0, 0.1) is 6.92 Å². The van der Waals surface area contributed by atoms with E-state index in [1.54, 1.807) is 24.3 Å². The summed E-state index contributed by atoms with van der Waals surface area (Å²) in [5, 5.41) is 14.3. The molecular formula is C20H20F3N7O. The van der Waals surface area contributed by atoms with Crippen molar-refractivity contribution in [2.45, 2.75) is 44.4 Å². The van der Waals surface area contributed by atoms with Crippen molar-refractivity contribution in [3.63, 3.8) is 0 Å². The number of nitrogens with zero attached hydrogens (tertiary/aromatic N) is 5. The van der Waals surface area contributed by atoms with Crippen LogP contribution in [0.4, 0.5) is 19.0 Å². The number of aromatic nitrogens is 5. The fourth-order valence-electron chi connectivity index (χ4n) is 3.67. The third-order valence-corrected chi connectivity index (χ3v) is 5.17. The van der Waals surface area contributed by atoms with Gasteiger partial charge >= 0.3 is 6.18 Å². The third kappa shape index (κ3) is 4.49. The molecule has 8 nitrogen and oxygen atoms in total. The van der Waals surface area contributed by atoms with Gasteiger partial charge in [-0.1, -0.05) is 12.1 Å². The molecule has 0 radical (unpaired) electrons. The Kier molecular flexibility index (Phi) is 5.57. The predicted molar refractivity (Wildman–Crippen MR) is 106 cm³/mol. The lowest BCUT2D eigenvalue weighted by Gasteiger charge is -2.24. The van der Waals surface area contributed by atoms with E-state index in [4.69, 9.17) is 0 Å². The summed E-state index contributed by atoms with van der Waals surface area (Å²) in [6, 6.07) is 6.60. The number of carbonyl (C=O) groups excluding carboxylic acids is 1. The second-order valence-corrected chi connectivity index (χ2v) is 7.28. The Morgan fingerprint density at radius 3 is 2.55 bits per heavy atom. The van der Waals surface area contributed by atoms with Gasteiger partial charge in [-0.05, 0) is 38.3 Å². The molecule has 0 bridgehead atoms.